The molecule has 0 radical (unpaired) electrons. The van der Waals surface area contributed by atoms with Gasteiger partial charge in [-0.05, 0) is 81.8 Å². The van der Waals surface area contributed by atoms with Crippen LogP contribution < -0.4 is 5.73 Å². The third kappa shape index (κ3) is 4.85. The van der Waals surface area contributed by atoms with Crippen LogP contribution in [0.1, 0.15) is 49.4 Å². The minimum atomic E-state index is 0.499. The van der Waals surface area contributed by atoms with E-state index in [2.05, 4.69) is 49.9 Å². The number of rotatable bonds is 6. The van der Waals surface area contributed by atoms with Gasteiger partial charge in [-0.3, -0.25) is 4.90 Å². The quantitative estimate of drug-likeness (QED) is 0.742. The van der Waals surface area contributed by atoms with Gasteiger partial charge in [0.25, 0.3) is 0 Å². The Morgan fingerprint density at radius 2 is 2.17 bits per heavy atom. The van der Waals surface area contributed by atoms with Crippen LogP contribution in [0.3, 0.4) is 0 Å². The van der Waals surface area contributed by atoms with Gasteiger partial charge in [-0.25, -0.2) is 0 Å². The number of hydrogen-bond acceptors (Lipinski definition) is 2. The van der Waals surface area contributed by atoms with Crippen LogP contribution in [0, 0.1) is 19.8 Å². The predicted molar refractivity (Wildman–Crippen MR) is 105 cm³/mol. The van der Waals surface area contributed by atoms with E-state index < -0.39 is 0 Å². The van der Waals surface area contributed by atoms with Gasteiger partial charge in [0.2, 0.25) is 0 Å². The second-order valence-electron chi connectivity index (χ2n) is 6.95. The van der Waals surface area contributed by atoms with Crippen molar-refractivity contribution in [2.24, 2.45) is 11.7 Å². The minimum Gasteiger partial charge on any atom is -0.399 e. The van der Waals surface area contributed by atoms with Crippen molar-refractivity contribution in [2.45, 2.75) is 46.6 Å². The van der Waals surface area contributed by atoms with Crippen LogP contribution in [0.4, 0.5) is 0 Å². The predicted octanol–water partition coefficient (Wildman–Crippen LogP) is 5.05. The first-order chi connectivity index (χ1) is 11.5. The molecule has 1 fully saturated rings. The molecule has 2 nitrogen and oxygen atoms in total. The minimum absolute atomic E-state index is 0.499. The maximum atomic E-state index is 5.94. The molecular formula is C22H32N2. The lowest BCUT2D eigenvalue weighted by Gasteiger charge is -2.26. The molecule has 2 rings (SSSR count). The zero-order valence-electron chi connectivity index (χ0n) is 15.6. The zero-order chi connectivity index (χ0) is 17.5. The zero-order valence-corrected chi connectivity index (χ0v) is 15.6. The van der Waals surface area contributed by atoms with Crippen molar-refractivity contribution in [2.75, 3.05) is 13.1 Å². The van der Waals surface area contributed by atoms with Gasteiger partial charge in [0.15, 0.2) is 0 Å². The lowest BCUT2D eigenvalue weighted by molar-refractivity contribution is 0.252. The van der Waals surface area contributed by atoms with Crippen molar-refractivity contribution in [3.05, 3.63) is 71.0 Å². The van der Waals surface area contributed by atoms with Crippen molar-refractivity contribution in [1.82, 2.24) is 4.90 Å². The second-order valence-corrected chi connectivity index (χ2v) is 6.95. The molecule has 0 spiro atoms. The van der Waals surface area contributed by atoms with E-state index in [0.717, 1.165) is 18.0 Å². The molecule has 0 amide bonds. The summed E-state index contributed by atoms with van der Waals surface area (Å²) in [6.07, 6.45) is 12.6. The van der Waals surface area contributed by atoms with E-state index in [1.54, 1.807) is 0 Å². The summed E-state index contributed by atoms with van der Waals surface area (Å²) in [4.78, 5) is 2.62. The van der Waals surface area contributed by atoms with Crippen LogP contribution in [-0.4, -0.2) is 18.0 Å². The molecule has 0 saturated carbocycles. The average molecular weight is 325 g/mol. The van der Waals surface area contributed by atoms with Crippen LogP contribution in [0.5, 0.6) is 0 Å². The van der Waals surface area contributed by atoms with Gasteiger partial charge in [-0.1, -0.05) is 36.4 Å². The fourth-order valence-corrected chi connectivity index (χ4v) is 3.49. The fraction of sp³-hybridized carbons (Fsp3) is 0.455. The molecule has 1 aromatic carbocycles. The first kappa shape index (κ1) is 18.5. The van der Waals surface area contributed by atoms with Crippen molar-refractivity contribution < 1.29 is 0 Å². The molecular weight excluding hydrogens is 292 g/mol. The van der Waals surface area contributed by atoms with E-state index in [1.165, 1.54) is 36.2 Å². The maximum absolute atomic E-state index is 5.94. The number of aryl methyl sites for hydroxylation is 1. The van der Waals surface area contributed by atoms with E-state index in [9.17, 15) is 0 Å². The van der Waals surface area contributed by atoms with Crippen LogP contribution in [0.25, 0.3) is 0 Å². The molecule has 0 bridgehead atoms. The number of nitrogens with two attached hydrogens (primary N) is 1. The molecule has 2 atom stereocenters. The highest BCUT2D eigenvalue weighted by molar-refractivity contribution is 5.35. The number of likely N-dealkylation sites (tertiary alicyclic amines) is 1. The molecule has 2 N–H and O–H groups in total. The van der Waals surface area contributed by atoms with Gasteiger partial charge >= 0.3 is 0 Å². The second kappa shape index (κ2) is 8.89. The van der Waals surface area contributed by atoms with Crippen LogP contribution >= 0.6 is 0 Å². The maximum Gasteiger partial charge on any atom is 0.0322 e. The summed E-state index contributed by atoms with van der Waals surface area (Å²) in [7, 11) is 0. The van der Waals surface area contributed by atoms with Crippen LogP contribution in [0.2, 0.25) is 0 Å². The average Bonchev–Trinajstić information content (AvgIpc) is 3.03. The summed E-state index contributed by atoms with van der Waals surface area (Å²) in [6.45, 7) is 11.2. The van der Waals surface area contributed by atoms with Gasteiger partial charge in [0.1, 0.15) is 0 Å². The Labute approximate surface area is 147 Å². The Morgan fingerprint density at radius 3 is 2.92 bits per heavy atom. The Bertz CT molecular complexity index is 625. The Balaban J connectivity index is 1.91. The highest BCUT2D eigenvalue weighted by Crippen LogP contribution is 2.31. The third-order valence-electron chi connectivity index (χ3n) is 5.22. The van der Waals surface area contributed by atoms with Gasteiger partial charge in [0.05, 0.1) is 0 Å². The highest BCUT2D eigenvalue weighted by Gasteiger charge is 2.26. The van der Waals surface area contributed by atoms with Crippen molar-refractivity contribution >= 4 is 0 Å². The van der Waals surface area contributed by atoms with E-state index in [1.807, 2.05) is 31.2 Å². The largest absolute Gasteiger partial charge is 0.399 e. The summed E-state index contributed by atoms with van der Waals surface area (Å²) in [5, 5.41) is 0. The molecule has 130 valence electrons. The van der Waals surface area contributed by atoms with Gasteiger partial charge in [0, 0.05) is 18.3 Å². The summed E-state index contributed by atoms with van der Waals surface area (Å²) in [5.74, 6) is 0.739. The van der Waals surface area contributed by atoms with Crippen molar-refractivity contribution in [3.8, 4) is 0 Å². The van der Waals surface area contributed by atoms with Crippen molar-refractivity contribution in [3.63, 3.8) is 0 Å². The first-order valence-electron chi connectivity index (χ1n) is 9.08. The fourth-order valence-electron chi connectivity index (χ4n) is 3.49. The van der Waals surface area contributed by atoms with Crippen LogP contribution in [-0.2, 0) is 0 Å². The van der Waals surface area contributed by atoms with E-state index in [-0.39, 0.29) is 0 Å². The summed E-state index contributed by atoms with van der Waals surface area (Å²) in [5.41, 5.74) is 11.1. The van der Waals surface area contributed by atoms with Gasteiger partial charge < -0.3 is 5.73 Å². The molecule has 1 heterocycles. The highest BCUT2D eigenvalue weighted by atomic mass is 15.2. The molecule has 0 aliphatic carbocycles. The van der Waals surface area contributed by atoms with E-state index >= 15 is 0 Å². The Hall–Kier alpha value is -1.80. The molecule has 2 heteroatoms. The number of hydrogen-bond donors (Lipinski definition) is 1. The summed E-state index contributed by atoms with van der Waals surface area (Å²) >= 11 is 0. The number of nitrogens with zero attached hydrogens (tertiary/aromatic N) is 1. The molecule has 0 aromatic heterocycles. The van der Waals surface area contributed by atoms with Crippen LogP contribution in [0.15, 0.2) is 54.3 Å². The summed E-state index contributed by atoms with van der Waals surface area (Å²) < 4.78 is 0. The molecule has 1 aromatic rings. The Morgan fingerprint density at radius 1 is 1.38 bits per heavy atom. The lowest BCUT2D eigenvalue weighted by atomic mass is 9.97. The van der Waals surface area contributed by atoms with E-state index in [4.69, 9.17) is 5.73 Å². The van der Waals surface area contributed by atoms with E-state index in [0.29, 0.717) is 6.04 Å². The smallest absolute Gasteiger partial charge is 0.0322 e. The third-order valence-corrected chi connectivity index (χ3v) is 5.22. The number of benzene rings is 1. The van der Waals surface area contributed by atoms with Crippen molar-refractivity contribution in [1.29, 1.82) is 0 Å². The topological polar surface area (TPSA) is 29.3 Å². The SMILES string of the molecule is C\C=C/C=C(N)\C=C\CC1CCN(C(C)c2cccc(C)c2C)C1. The lowest BCUT2D eigenvalue weighted by Crippen LogP contribution is -2.25. The molecule has 24 heavy (non-hydrogen) atoms. The molecule has 1 aliphatic heterocycles. The number of allylic oxidation sites excluding steroid dienone is 5. The molecule has 2 unspecified atom stereocenters. The first-order valence-corrected chi connectivity index (χ1v) is 9.08. The monoisotopic (exact) mass is 324 g/mol. The summed E-state index contributed by atoms with van der Waals surface area (Å²) in [6, 6.07) is 7.17. The molecule has 1 saturated heterocycles. The van der Waals surface area contributed by atoms with Gasteiger partial charge in [-0.15, -0.1) is 0 Å². The standard InChI is InChI=1S/C22H32N2/c1-5-6-11-21(23)12-8-10-20-14-15-24(16-20)19(4)22-13-7-9-17(2)18(22)3/h5-9,11-13,19-20H,10,14-16,23H2,1-4H3/b6-5-,12-8+,21-11+. The Kier molecular flexibility index (Phi) is 6.86. The van der Waals surface area contributed by atoms with Gasteiger partial charge in [-0.2, -0.15) is 0 Å². The molecule has 1 aliphatic rings. The normalized spacial score (nSPS) is 21.2.